The number of hydrogen-bond acceptors (Lipinski definition) is 5. The van der Waals surface area contributed by atoms with Gasteiger partial charge in [0.05, 0.1) is 18.3 Å². The predicted molar refractivity (Wildman–Crippen MR) is 84.1 cm³/mol. The van der Waals surface area contributed by atoms with Gasteiger partial charge < -0.3 is 20.2 Å². The maximum absolute atomic E-state index is 14.5. The lowest BCUT2D eigenvalue weighted by molar-refractivity contribution is 0.0695. The number of carboxylic acid groups (broad SMARTS) is 1. The van der Waals surface area contributed by atoms with Crippen molar-refractivity contribution in [1.29, 1.82) is 0 Å². The van der Waals surface area contributed by atoms with Crippen molar-refractivity contribution < 1.29 is 23.8 Å². The van der Waals surface area contributed by atoms with E-state index >= 15 is 0 Å². The highest BCUT2D eigenvalue weighted by Gasteiger charge is 2.22. The van der Waals surface area contributed by atoms with Gasteiger partial charge in [0.1, 0.15) is 23.4 Å². The average molecular weight is 350 g/mol. The molecule has 0 atom stereocenters. The van der Waals surface area contributed by atoms with Crippen LogP contribution in [0.2, 0.25) is 0 Å². The number of nitrogens with one attached hydrogen (secondary N) is 1. The van der Waals surface area contributed by atoms with E-state index in [1.807, 2.05) is 0 Å². The second kappa shape index (κ2) is 6.23. The van der Waals surface area contributed by atoms with Crippen molar-refractivity contribution >= 4 is 16.9 Å². The number of aromatic carboxylic acids is 1. The summed E-state index contributed by atoms with van der Waals surface area (Å²) in [6, 6.07) is 0.826. The Hall–Kier alpha value is -3.43. The van der Waals surface area contributed by atoms with Crippen LogP contribution in [0.1, 0.15) is 10.4 Å². The molecule has 8 nitrogen and oxygen atoms in total. The number of phenols is 1. The van der Waals surface area contributed by atoms with Crippen molar-refractivity contribution in [3.63, 3.8) is 0 Å². The molecule has 0 radical (unpaired) electrons. The minimum absolute atomic E-state index is 0.173. The van der Waals surface area contributed by atoms with E-state index in [9.17, 15) is 23.5 Å². The minimum atomic E-state index is -1.53. The van der Waals surface area contributed by atoms with E-state index in [4.69, 9.17) is 5.11 Å². The Morgan fingerprint density at radius 2 is 2.16 bits per heavy atom. The fourth-order valence-electron chi connectivity index (χ4n) is 2.51. The zero-order valence-electron chi connectivity index (χ0n) is 12.6. The second-order valence-electron chi connectivity index (χ2n) is 5.07. The van der Waals surface area contributed by atoms with Crippen LogP contribution < -0.4 is 10.9 Å². The summed E-state index contributed by atoms with van der Waals surface area (Å²) in [4.78, 5) is 27.3. The van der Waals surface area contributed by atoms with E-state index in [2.05, 4.69) is 10.4 Å². The fourth-order valence-corrected chi connectivity index (χ4v) is 2.51. The quantitative estimate of drug-likeness (QED) is 0.639. The predicted octanol–water partition coefficient (Wildman–Crippen LogP) is 1.24. The largest absolute Gasteiger partial charge is 0.504 e. The fraction of sp³-hybridized carbons (Fsp3) is 0.133. The molecule has 130 valence electrons. The SMILES string of the molecule is O=C(O)c1cn(NCCF)c2c(O)c(-n3ccnc3)c(F)cc2c1=O. The third kappa shape index (κ3) is 2.67. The molecule has 2 heterocycles. The zero-order valence-corrected chi connectivity index (χ0v) is 12.6. The van der Waals surface area contributed by atoms with E-state index in [0.29, 0.717) is 0 Å². The molecule has 2 aromatic heterocycles. The van der Waals surface area contributed by atoms with E-state index in [1.165, 1.54) is 23.3 Å². The topological polar surface area (TPSA) is 109 Å². The normalized spacial score (nSPS) is 11.0. The van der Waals surface area contributed by atoms with Gasteiger partial charge in [-0.25, -0.2) is 18.6 Å². The molecule has 0 saturated carbocycles. The lowest BCUT2D eigenvalue weighted by Crippen LogP contribution is -2.25. The highest BCUT2D eigenvalue weighted by Crippen LogP contribution is 2.32. The number of carboxylic acids is 1. The molecule has 0 aliphatic heterocycles. The van der Waals surface area contributed by atoms with Gasteiger partial charge in [-0.05, 0) is 6.07 Å². The molecule has 0 saturated heterocycles. The number of aromatic nitrogens is 3. The Morgan fingerprint density at radius 3 is 2.76 bits per heavy atom. The number of alkyl halides is 1. The number of nitrogens with zero attached hydrogens (tertiary/aromatic N) is 3. The number of rotatable bonds is 5. The molecule has 25 heavy (non-hydrogen) atoms. The highest BCUT2D eigenvalue weighted by molar-refractivity contribution is 5.95. The molecule has 0 bridgehead atoms. The van der Waals surface area contributed by atoms with Gasteiger partial charge in [0.15, 0.2) is 11.6 Å². The maximum atomic E-state index is 14.5. The molecule has 3 aromatic rings. The van der Waals surface area contributed by atoms with Crippen molar-refractivity contribution in [1.82, 2.24) is 14.2 Å². The second-order valence-corrected chi connectivity index (χ2v) is 5.07. The van der Waals surface area contributed by atoms with E-state index < -0.39 is 35.2 Å². The average Bonchev–Trinajstić information content (AvgIpc) is 3.08. The monoisotopic (exact) mass is 350 g/mol. The number of benzene rings is 1. The molecule has 0 aliphatic rings. The summed E-state index contributed by atoms with van der Waals surface area (Å²) in [5.41, 5.74) is 0.466. The number of phenolic OH excluding ortho intramolecular Hbond substituents is 1. The molecule has 10 heteroatoms. The first kappa shape index (κ1) is 16.4. The Balaban J connectivity index is 2.42. The molecule has 0 aliphatic carbocycles. The number of carbonyl (C=O) groups is 1. The molecule has 0 unspecified atom stereocenters. The Labute approximate surface area is 138 Å². The summed E-state index contributed by atoms with van der Waals surface area (Å²) in [6.45, 7) is -0.999. The van der Waals surface area contributed by atoms with Crippen LogP contribution in [0.3, 0.4) is 0 Å². The van der Waals surface area contributed by atoms with Crippen molar-refractivity contribution in [2.45, 2.75) is 0 Å². The third-order valence-electron chi connectivity index (χ3n) is 3.56. The van der Waals surface area contributed by atoms with E-state index in [-0.39, 0.29) is 23.1 Å². The maximum Gasteiger partial charge on any atom is 0.341 e. The van der Waals surface area contributed by atoms with Gasteiger partial charge in [-0.1, -0.05) is 0 Å². The molecule has 0 fully saturated rings. The van der Waals surface area contributed by atoms with Gasteiger partial charge >= 0.3 is 5.97 Å². The molecule has 3 N–H and O–H groups in total. The van der Waals surface area contributed by atoms with Crippen LogP contribution in [-0.2, 0) is 0 Å². The number of fused-ring (bicyclic) bond motifs is 1. The lowest BCUT2D eigenvalue weighted by atomic mass is 10.1. The number of aromatic hydroxyl groups is 1. The molecular formula is C15H12F2N4O4. The summed E-state index contributed by atoms with van der Waals surface area (Å²) in [7, 11) is 0. The third-order valence-corrected chi connectivity index (χ3v) is 3.56. The van der Waals surface area contributed by atoms with Crippen LogP contribution in [-0.4, -0.2) is 43.6 Å². The van der Waals surface area contributed by atoms with Crippen molar-refractivity contribution in [3.05, 3.63) is 52.6 Å². The van der Waals surface area contributed by atoms with Crippen molar-refractivity contribution in [2.75, 3.05) is 18.6 Å². The van der Waals surface area contributed by atoms with Gasteiger partial charge in [0, 0.05) is 18.6 Å². The molecule has 0 spiro atoms. The van der Waals surface area contributed by atoms with Crippen LogP contribution in [0.25, 0.3) is 16.6 Å². The minimum Gasteiger partial charge on any atom is -0.504 e. The Bertz CT molecular complexity index is 1010. The van der Waals surface area contributed by atoms with Crippen molar-refractivity contribution in [3.8, 4) is 11.4 Å². The molecule has 1 aromatic carbocycles. The summed E-state index contributed by atoms with van der Waals surface area (Å²) in [5.74, 6) is -3.09. The molecular weight excluding hydrogens is 338 g/mol. The van der Waals surface area contributed by atoms with Gasteiger partial charge in [-0.3, -0.25) is 9.47 Å². The van der Waals surface area contributed by atoms with Crippen LogP contribution in [0, 0.1) is 5.82 Å². The summed E-state index contributed by atoms with van der Waals surface area (Å²) >= 11 is 0. The highest BCUT2D eigenvalue weighted by atomic mass is 19.1. The summed E-state index contributed by atoms with van der Waals surface area (Å²) < 4.78 is 29.1. The number of imidazole rings is 1. The van der Waals surface area contributed by atoms with Crippen molar-refractivity contribution in [2.24, 2.45) is 0 Å². The first-order valence-electron chi connectivity index (χ1n) is 7.08. The van der Waals surface area contributed by atoms with E-state index in [1.54, 1.807) is 0 Å². The smallest absolute Gasteiger partial charge is 0.341 e. The van der Waals surface area contributed by atoms with E-state index in [0.717, 1.165) is 16.9 Å². The first-order valence-corrected chi connectivity index (χ1v) is 7.08. The van der Waals surface area contributed by atoms with Crippen LogP contribution in [0.5, 0.6) is 5.75 Å². The summed E-state index contributed by atoms with van der Waals surface area (Å²) in [6.07, 6.45) is 4.91. The van der Waals surface area contributed by atoms with Crippen LogP contribution in [0.4, 0.5) is 8.78 Å². The van der Waals surface area contributed by atoms with Crippen LogP contribution >= 0.6 is 0 Å². The number of halogens is 2. The molecule has 0 amide bonds. The van der Waals surface area contributed by atoms with Gasteiger partial charge in [0.25, 0.3) is 0 Å². The molecule has 3 rings (SSSR count). The first-order chi connectivity index (χ1) is 12.0. The summed E-state index contributed by atoms with van der Waals surface area (Å²) in [5, 5.41) is 19.3. The van der Waals surface area contributed by atoms with Gasteiger partial charge in [0.2, 0.25) is 5.43 Å². The standard InChI is InChI=1S/C15H12F2N4O4/c16-1-2-19-21-6-9(15(24)25)13(22)8-5-10(17)12(14(23)11(8)21)20-4-3-18-7-20/h3-7,19,23H,1-2H2,(H,24,25). The zero-order chi connectivity index (χ0) is 18.1. The van der Waals surface area contributed by atoms with Gasteiger partial charge in [-0.2, -0.15) is 0 Å². The lowest BCUT2D eigenvalue weighted by Gasteiger charge is -2.17. The van der Waals surface area contributed by atoms with Gasteiger partial charge in [-0.15, -0.1) is 0 Å². The Kier molecular flexibility index (Phi) is 4.09. The van der Waals surface area contributed by atoms with Crippen LogP contribution in [0.15, 0.2) is 35.8 Å². The Morgan fingerprint density at radius 1 is 1.40 bits per heavy atom. The number of hydrogen-bond donors (Lipinski definition) is 3. The number of pyridine rings is 1.